The number of benzene rings is 2. The van der Waals surface area contributed by atoms with Crippen molar-refractivity contribution in [2.75, 3.05) is 0 Å². The van der Waals surface area contributed by atoms with Crippen LogP contribution in [0.3, 0.4) is 0 Å². The molecule has 0 spiro atoms. The molecule has 0 unspecified atom stereocenters. The maximum Gasteiger partial charge on any atom is 0.658 e. The van der Waals surface area contributed by atoms with Crippen molar-refractivity contribution in [3.63, 3.8) is 0 Å². The van der Waals surface area contributed by atoms with E-state index in [-0.39, 0.29) is 0 Å². The van der Waals surface area contributed by atoms with Crippen molar-refractivity contribution in [3.05, 3.63) is 60.9 Å². The molecule has 2 aromatic carbocycles. The molecule has 0 bridgehead atoms. The SMILES string of the molecule is [B](Oc1ccc2cc[nH]c2c1)Oc1ccc2cc[nH]c2c1. The van der Waals surface area contributed by atoms with Gasteiger partial charge in [-0.25, -0.2) is 0 Å². The molecular formula is C16H12BN2O2. The molecule has 0 amide bonds. The summed E-state index contributed by atoms with van der Waals surface area (Å²) in [6, 6.07) is 15.7. The van der Waals surface area contributed by atoms with Gasteiger partial charge in [0.1, 0.15) is 11.5 Å². The number of hydrogen-bond donors (Lipinski definition) is 2. The quantitative estimate of drug-likeness (QED) is 0.558. The van der Waals surface area contributed by atoms with Crippen molar-refractivity contribution in [2.24, 2.45) is 0 Å². The normalized spacial score (nSPS) is 10.9. The zero-order valence-electron chi connectivity index (χ0n) is 11.2. The maximum absolute atomic E-state index is 5.50. The van der Waals surface area contributed by atoms with Gasteiger partial charge in [0.15, 0.2) is 0 Å². The highest BCUT2D eigenvalue weighted by Gasteiger charge is 2.04. The molecular weight excluding hydrogens is 263 g/mol. The second-order valence-electron chi connectivity index (χ2n) is 4.79. The van der Waals surface area contributed by atoms with Crippen molar-refractivity contribution in [2.45, 2.75) is 0 Å². The number of H-pyrrole nitrogens is 2. The molecule has 2 N–H and O–H groups in total. The largest absolute Gasteiger partial charge is 0.658 e. The molecule has 4 nitrogen and oxygen atoms in total. The summed E-state index contributed by atoms with van der Waals surface area (Å²) in [4.78, 5) is 6.29. The van der Waals surface area contributed by atoms with Crippen molar-refractivity contribution in [3.8, 4) is 11.5 Å². The maximum atomic E-state index is 5.50. The van der Waals surface area contributed by atoms with Gasteiger partial charge in [-0.2, -0.15) is 0 Å². The van der Waals surface area contributed by atoms with E-state index in [4.69, 9.17) is 9.31 Å². The molecule has 1 radical (unpaired) electrons. The fourth-order valence-corrected chi connectivity index (χ4v) is 2.34. The Balaban J connectivity index is 1.44. The summed E-state index contributed by atoms with van der Waals surface area (Å²) in [5.74, 6) is 1.46. The molecule has 4 rings (SSSR count). The lowest BCUT2D eigenvalue weighted by atomic mass is 10.2. The van der Waals surface area contributed by atoms with Crippen LogP contribution in [0.5, 0.6) is 11.5 Å². The summed E-state index contributed by atoms with van der Waals surface area (Å²) in [5, 5.41) is 2.31. The highest BCUT2D eigenvalue weighted by Crippen LogP contribution is 2.21. The van der Waals surface area contributed by atoms with Crippen LogP contribution in [0.4, 0.5) is 0 Å². The summed E-state index contributed by atoms with van der Waals surface area (Å²) in [6.07, 6.45) is 3.81. The monoisotopic (exact) mass is 275 g/mol. The Morgan fingerprint density at radius 1 is 0.667 bits per heavy atom. The third kappa shape index (κ3) is 2.34. The van der Waals surface area contributed by atoms with Gasteiger partial charge in [-0.3, -0.25) is 0 Å². The average Bonchev–Trinajstić information content (AvgIpc) is 3.14. The average molecular weight is 275 g/mol. The highest BCUT2D eigenvalue weighted by molar-refractivity contribution is 6.20. The van der Waals surface area contributed by atoms with Crippen LogP contribution in [-0.2, 0) is 0 Å². The van der Waals surface area contributed by atoms with Gasteiger partial charge < -0.3 is 19.3 Å². The standard InChI is InChI=1S/C16H12BN2O2/c1-3-13(9-15-11(1)5-7-18-15)20-17-21-14-4-2-12-6-8-19-16(12)10-14/h1-10,18-19H. The fourth-order valence-electron chi connectivity index (χ4n) is 2.34. The molecule has 0 aliphatic rings. The zero-order valence-corrected chi connectivity index (χ0v) is 11.2. The topological polar surface area (TPSA) is 50.0 Å². The minimum absolute atomic E-state index is 0.728. The van der Waals surface area contributed by atoms with E-state index in [1.54, 1.807) is 0 Å². The van der Waals surface area contributed by atoms with Crippen molar-refractivity contribution in [1.29, 1.82) is 0 Å². The number of aromatic amines is 2. The molecule has 2 aromatic heterocycles. The molecule has 0 aliphatic heterocycles. The first-order valence-corrected chi connectivity index (χ1v) is 6.68. The molecule has 0 saturated carbocycles. The fraction of sp³-hybridized carbons (Fsp3) is 0. The van der Waals surface area contributed by atoms with Crippen LogP contribution < -0.4 is 9.31 Å². The number of fused-ring (bicyclic) bond motifs is 2. The smallest absolute Gasteiger partial charge is 0.526 e. The minimum atomic E-state index is 0.728. The Kier molecular flexibility index (Phi) is 2.82. The first-order valence-electron chi connectivity index (χ1n) is 6.68. The lowest BCUT2D eigenvalue weighted by Crippen LogP contribution is -2.10. The molecule has 0 aliphatic carbocycles. The molecule has 0 fully saturated rings. The molecule has 21 heavy (non-hydrogen) atoms. The molecule has 101 valence electrons. The van der Waals surface area contributed by atoms with Crippen molar-refractivity contribution >= 4 is 29.5 Å². The van der Waals surface area contributed by atoms with E-state index in [1.807, 2.05) is 60.9 Å². The van der Waals surface area contributed by atoms with E-state index >= 15 is 0 Å². The van der Waals surface area contributed by atoms with Gasteiger partial charge in [-0.05, 0) is 47.2 Å². The van der Waals surface area contributed by atoms with Crippen LogP contribution in [0.2, 0.25) is 0 Å². The lowest BCUT2D eigenvalue weighted by molar-refractivity contribution is 0.460. The van der Waals surface area contributed by atoms with Gasteiger partial charge in [0.2, 0.25) is 0 Å². The van der Waals surface area contributed by atoms with E-state index in [0.29, 0.717) is 0 Å². The molecule has 5 heteroatoms. The Labute approximate surface area is 122 Å². The van der Waals surface area contributed by atoms with Crippen LogP contribution in [-0.4, -0.2) is 17.7 Å². The summed E-state index contributed by atoms with van der Waals surface area (Å²) in [6.45, 7) is 0. The summed E-state index contributed by atoms with van der Waals surface area (Å²) in [7, 11) is 1.34. The first kappa shape index (κ1) is 12.0. The molecule has 4 aromatic rings. The Hall–Kier alpha value is -2.82. The van der Waals surface area contributed by atoms with Crippen LogP contribution in [0.1, 0.15) is 0 Å². The number of nitrogens with one attached hydrogen (secondary N) is 2. The Morgan fingerprint density at radius 2 is 1.19 bits per heavy atom. The molecule has 0 saturated heterocycles. The highest BCUT2D eigenvalue weighted by atomic mass is 16.6. The third-order valence-electron chi connectivity index (χ3n) is 3.42. The summed E-state index contributed by atoms with van der Waals surface area (Å²) in [5.41, 5.74) is 2.07. The van der Waals surface area contributed by atoms with Gasteiger partial charge in [-0.1, -0.05) is 0 Å². The van der Waals surface area contributed by atoms with Crippen molar-refractivity contribution in [1.82, 2.24) is 9.97 Å². The van der Waals surface area contributed by atoms with Gasteiger partial charge >= 0.3 is 7.69 Å². The third-order valence-corrected chi connectivity index (χ3v) is 3.42. The lowest BCUT2D eigenvalue weighted by Gasteiger charge is -2.06. The van der Waals surface area contributed by atoms with E-state index in [1.165, 1.54) is 7.69 Å². The Morgan fingerprint density at radius 3 is 1.71 bits per heavy atom. The minimum Gasteiger partial charge on any atom is -0.526 e. The van der Waals surface area contributed by atoms with E-state index in [9.17, 15) is 0 Å². The van der Waals surface area contributed by atoms with Crippen LogP contribution in [0.25, 0.3) is 21.8 Å². The zero-order chi connectivity index (χ0) is 14.1. The van der Waals surface area contributed by atoms with E-state index in [0.717, 1.165) is 33.3 Å². The van der Waals surface area contributed by atoms with Crippen molar-refractivity contribution < 1.29 is 9.31 Å². The van der Waals surface area contributed by atoms with Gasteiger partial charge in [0.25, 0.3) is 0 Å². The van der Waals surface area contributed by atoms with Crippen LogP contribution in [0, 0.1) is 0 Å². The second kappa shape index (κ2) is 4.94. The first-order chi connectivity index (χ1) is 10.4. The molecule has 2 heterocycles. The van der Waals surface area contributed by atoms with E-state index < -0.39 is 0 Å². The predicted molar refractivity (Wildman–Crippen MR) is 83.6 cm³/mol. The van der Waals surface area contributed by atoms with Crippen LogP contribution in [0.15, 0.2) is 60.9 Å². The summed E-state index contributed by atoms with van der Waals surface area (Å²) < 4.78 is 11.0. The predicted octanol–water partition coefficient (Wildman–Crippen LogP) is 3.64. The van der Waals surface area contributed by atoms with Gasteiger partial charge in [-0.15, -0.1) is 0 Å². The number of hydrogen-bond acceptors (Lipinski definition) is 2. The number of rotatable bonds is 4. The number of aromatic nitrogens is 2. The Bertz CT molecular complexity index is 823. The van der Waals surface area contributed by atoms with Gasteiger partial charge in [0.05, 0.1) is 0 Å². The molecule has 0 atom stereocenters. The van der Waals surface area contributed by atoms with Gasteiger partial charge in [0, 0.05) is 35.6 Å². The summed E-state index contributed by atoms with van der Waals surface area (Å²) >= 11 is 0. The second-order valence-corrected chi connectivity index (χ2v) is 4.79. The van der Waals surface area contributed by atoms with E-state index in [2.05, 4.69) is 9.97 Å². The van der Waals surface area contributed by atoms with Crippen LogP contribution >= 0.6 is 0 Å².